The highest BCUT2D eigenvalue weighted by Gasteiger charge is 2.22. The zero-order valence-corrected chi connectivity index (χ0v) is 13.4. The van der Waals surface area contributed by atoms with Crippen LogP contribution in [0.25, 0.3) is 0 Å². The quantitative estimate of drug-likeness (QED) is 0.912. The number of amides is 1. The maximum atomic E-state index is 12.1. The third-order valence-corrected chi connectivity index (χ3v) is 4.11. The number of para-hydroxylation sites is 1. The summed E-state index contributed by atoms with van der Waals surface area (Å²) in [7, 11) is 0. The summed E-state index contributed by atoms with van der Waals surface area (Å²) in [5, 5.41) is 3.64. The lowest BCUT2D eigenvalue weighted by atomic mass is 10.0. The van der Waals surface area contributed by atoms with Gasteiger partial charge in [0.2, 0.25) is 5.91 Å². The number of fused-ring (bicyclic) bond motifs is 1. The van der Waals surface area contributed by atoms with Crippen molar-refractivity contribution in [1.82, 2.24) is 5.32 Å². The standard InChI is InChI=1S/C18H18ClNO3/c19-15-7-3-1-5-13(15)11-22-12-18(21)20-16-9-10-23-17-8-4-2-6-14(16)17/h1-8,16H,9-12H2,(H,20,21)/t16-/m0/s1. The van der Waals surface area contributed by atoms with Crippen molar-refractivity contribution < 1.29 is 14.3 Å². The fourth-order valence-corrected chi connectivity index (χ4v) is 2.79. The number of nitrogens with one attached hydrogen (secondary N) is 1. The van der Waals surface area contributed by atoms with E-state index in [0.717, 1.165) is 23.3 Å². The first-order chi connectivity index (χ1) is 11.2. The van der Waals surface area contributed by atoms with E-state index in [1.54, 1.807) is 6.07 Å². The summed E-state index contributed by atoms with van der Waals surface area (Å²) in [6, 6.07) is 15.2. The molecule has 1 atom stereocenters. The predicted molar refractivity (Wildman–Crippen MR) is 88.5 cm³/mol. The Morgan fingerprint density at radius 1 is 1.22 bits per heavy atom. The Hall–Kier alpha value is -2.04. The van der Waals surface area contributed by atoms with Gasteiger partial charge in [0.1, 0.15) is 12.4 Å². The molecule has 1 aliphatic heterocycles. The first-order valence-corrected chi connectivity index (χ1v) is 7.94. The number of ether oxygens (including phenoxy) is 2. The van der Waals surface area contributed by atoms with Crippen LogP contribution in [0.2, 0.25) is 5.02 Å². The average molecular weight is 332 g/mol. The van der Waals surface area contributed by atoms with E-state index in [2.05, 4.69) is 5.32 Å². The molecule has 4 nitrogen and oxygen atoms in total. The third-order valence-electron chi connectivity index (χ3n) is 3.74. The van der Waals surface area contributed by atoms with Gasteiger partial charge in [-0.25, -0.2) is 0 Å². The summed E-state index contributed by atoms with van der Waals surface area (Å²) in [6.07, 6.45) is 0.757. The van der Waals surface area contributed by atoms with Gasteiger partial charge in [-0.05, 0) is 17.7 Å². The number of carbonyl (C=O) groups excluding carboxylic acids is 1. The first-order valence-electron chi connectivity index (χ1n) is 7.56. The molecular weight excluding hydrogens is 314 g/mol. The molecule has 0 bridgehead atoms. The highest BCUT2D eigenvalue weighted by atomic mass is 35.5. The van der Waals surface area contributed by atoms with Crippen LogP contribution in [0.15, 0.2) is 48.5 Å². The van der Waals surface area contributed by atoms with Crippen molar-refractivity contribution >= 4 is 17.5 Å². The van der Waals surface area contributed by atoms with Gasteiger partial charge in [0.25, 0.3) is 0 Å². The fraction of sp³-hybridized carbons (Fsp3) is 0.278. The molecule has 0 fully saturated rings. The van der Waals surface area contributed by atoms with E-state index in [0.29, 0.717) is 18.2 Å². The van der Waals surface area contributed by atoms with Crippen molar-refractivity contribution in [3.05, 3.63) is 64.7 Å². The second kappa shape index (κ2) is 7.49. The minimum atomic E-state index is -0.140. The molecule has 5 heteroatoms. The molecule has 1 heterocycles. The van der Waals surface area contributed by atoms with Crippen molar-refractivity contribution in [2.45, 2.75) is 19.1 Å². The molecule has 1 aliphatic rings. The van der Waals surface area contributed by atoms with Crippen molar-refractivity contribution in [2.24, 2.45) is 0 Å². The third kappa shape index (κ3) is 4.03. The summed E-state index contributed by atoms with van der Waals surface area (Å²) >= 11 is 6.06. The maximum Gasteiger partial charge on any atom is 0.246 e. The largest absolute Gasteiger partial charge is 0.493 e. The zero-order chi connectivity index (χ0) is 16.1. The van der Waals surface area contributed by atoms with E-state index < -0.39 is 0 Å². The molecule has 0 unspecified atom stereocenters. The zero-order valence-electron chi connectivity index (χ0n) is 12.6. The van der Waals surface area contributed by atoms with E-state index >= 15 is 0 Å². The highest BCUT2D eigenvalue weighted by Crippen LogP contribution is 2.31. The molecule has 2 aromatic carbocycles. The lowest BCUT2D eigenvalue weighted by Gasteiger charge is -2.26. The Morgan fingerprint density at radius 3 is 2.87 bits per heavy atom. The smallest absolute Gasteiger partial charge is 0.246 e. The van der Waals surface area contributed by atoms with Gasteiger partial charge in [0.15, 0.2) is 0 Å². The fourth-order valence-electron chi connectivity index (χ4n) is 2.60. The second-order valence-electron chi connectivity index (χ2n) is 5.38. The molecule has 0 aliphatic carbocycles. The van der Waals surface area contributed by atoms with Gasteiger partial charge in [-0.15, -0.1) is 0 Å². The topological polar surface area (TPSA) is 47.6 Å². The number of carbonyl (C=O) groups is 1. The highest BCUT2D eigenvalue weighted by molar-refractivity contribution is 6.31. The SMILES string of the molecule is O=C(COCc1ccccc1Cl)N[C@H]1CCOc2ccccc21. The van der Waals surface area contributed by atoms with Crippen LogP contribution in [0.5, 0.6) is 5.75 Å². The Labute approximate surface area is 140 Å². The van der Waals surface area contributed by atoms with Gasteiger partial charge < -0.3 is 14.8 Å². The van der Waals surface area contributed by atoms with Gasteiger partial charge >= 0.3 is 0 Å². The lowest BCUT2D eigenvalue weighted by molar-refractivity contribution is -0.127. The van der Waals surface area contributed by atoms with E-state index in [1.165, 1.54) is 0 Å². The van der Waals surface area contributed by atoms with Crippen molar-refractivity contribution in [3.8, 4) is 5.75 Å². The minimum Gasteiger partial charge on any atom is -0.493 e. The van der Waals surface area contributed by atoms with Crippen LogP contribution in [0.4, 0.5) is 0 Å². The predicted octanol–water partition coefficient (Wildman–Crippen LogP) is 3.50. The molecule has 0 spiro atoms. The summed E-state index contributed by atoms with van der Waals surface area (Å²) < 4.78 is 11.1. The number of hydrogen-bond donors (Lipinski definition) is 1. The van der Waals surface area contributed by atoms with Crippen molar-refractivity contribution in [3.63, 3.8) is 0 Å². The average Bonchev–Trinajstić information content (AvgIpc) is 2.57. The summed E-state index contributed by atoms with van der Waals surface area (Å²) in [5.74, 6) is 0.694. The monoisotopic (exact) mass is 331 g/mol. The van der Waals surface area contributed by atoms with Crippen molar-refractivity contribution in [1.29, 1.82) is 0 Å². The molecular formula is C18H18ClNO3. The molecule has 120 valence electrons. The molecule has 23 heavy (non-hydrogen) atoms. The molecule has 0 radical (unpaired) electrons. The van der Waals surface area contributed by atoms with Gasteiger partial charge in [-0.2, -0.15) is 0 Å². The molecule has 3 rings (SSSR count). The number of rotatable bonds is 5. The number of halogens is 1. The van der Waals surface area contributed by atoms with Crippen LogP contribution in [-0.2, 0) is 16.1 Å². The second-order valence-corrected chi connectivity index (χ2v) is 5.79. The Morgan fingerprint density at radius 2 is 2.00 bits per heavy atom. The summed E-state index contributed by atoms with van der Waals surface area (Å²) in [4.78, 5) is 12.1. The van der Waals surface area contributed by atoms with Crippen LogP contribution in [0.1, 0.15) is 23.6 Å². The molecule has 2 aromatic rings. The van der Waals surface area contributed by atoms with Crippen LogP contribution in [0.3, 0.4) is 0 Å². The van der Waals surface area contributed by atoms with Gasteiger partial charge in [0, 0.05) is 17.0 Å². The van der Waals surface area contributed by atoms with Crippen LogP contribution >= 0.6 is 11.6 Å². The van der Waals surface area contributed by atoms with Crippen LogP contribution in [-0.4, -0.2) is 19.1 Å². The van der Waals surface area contributed by atoms with Crippen molar-refractivity contribution in [2.75, 3.05) is 13.2 Å². The maximum absolute atomic E-state index is 12.1. The normalized spacial score (nSPS) is 16.3. The molecule has 0 aromatic heterocycles. The molecule has 1 amide bonds. The lowest BCUT2D eigenvalue weighted by Crippen LogP contribution is -2.34. The Kier molecular flexibility index (Phi) is 5.16. The Bertz CT molecular complexity index is 689. The number of hydrogen-bond acceptors (Lipinski definition) is 3. The number of benzene rings is 2. The van der Waals surface area contributed by atoms with Gasteiger partial charge in [-0.3, -0.25) is 4.79 Å². The molecule has 0 saturated heterocycles. The molecule has 1 N–H and O–H groups in total. The summed E-state index contributed by atoms with van der Waals surface area (Å²) in [5.41, 5.74) is 1.89. The van der Waals surface area contributed by atoms with E-state index in [1.807, 2.05) is 42.5 Å². The van der Waals surface area contributed by atoms with E-state index in [9.17, 15) is 4.79 Å². The minimum absolute atomic E-state index is 0.00471. The van der Waals surface area contributed by atoms with Gasteiger partial charge in [0.05, 0.1) is 19.3 Å². The van der Waals surface area contributed by atoms with Crippen LogP contribution in [0, 0.1) is 0 Å². The van der Waals surface area contributed by atoms with Gasteiger partial charge in [-0.1, -0.05) is 48.0 Å². The van der Waals surface area contributed by atoms with E-state index in [4.69, 9.17) is 21.1 Å². The summed E-state index contributed by atoms with van der Waals surface area (Å²) in [6.45, 7) is 0.921. The Balaban J connectivity index is 1.52. The first kappa shape index (κ1) is 15.8. The van der Waals surface area contributed by atoms with Crippen LogP contribution < -0.4 is 10.1 Å². The van der Waals surface area contributed by atoms with E-state index in [-0.39, 0.29) is 18.6 Å². The molecule has 0 saturated carbocycles.